The number of hydrogen-bond donors (Lipinski definition) is 10. The second kappa shape index (κ2) is 11.0. The Kier molecular flexibility index (Phi) is 8.99. The van der Waals surface area contributed by atoms with Crippen LogP contribution in [0.5, 0.6) is 0 Å². The summed E-state index contributed by atoms with van der Waals surface area (Å²) in [6, 6.07) is 0. The van der Waals surface area contributed by atoms with E-state index in [1.165, 1.54) is 6.92 Å². The fraction of sp³-hybridized carbons (Fsp3) is 1.00. The third kappa shape index (κ3) is 5.32. The molecule has 33 heavy (non-hydrogen) atoms. The van der Waals surface area contributed by atoms with Crippen molar-refractivity contribution in [1.29, 1.82) is 0 Å². The summed E-state index contributed by atoms with van der Waals surface area (Å²) in [6.45, 7) is 0.00827. The van der Waals surface area contributed by atoms with Crippen molar-refractivity contribution < 1.29 is 74.7 Å². The molecule has 194 valence electrons. The molecule has 0 aromatic rings. The van der Waals surface area contributed by atoms with E-state index in [1.807, 2.05) is 0 Å². The summed E-state index contributed by atoms with van der Waals surface area (Å²) in [5.74, 6) is 0. The van der Waals surface area contributed by atoms with Crippen molar-refractivity contribution >= 4 is 0 Å². The van der Waals surface area contributed by atoms with Crippen molar-refractivity contribution in [2.45, 2.75) is 99.0 Å². The second-order valence-corrected chi connectivity index (χ2v) is 8.32. The molecule has 0 aromatic carbocycles. The summed E-state index contributed by atoms with van der Waals surface area (Å²) in [4.78, 5) is 0. The highest BCUT2D eigenvalue weighted by molar-refractivity contribution is 4.95. The van der Waals surface area contributed by atoms with Crippen molar-refractivity contribution in [2.24, 2.45) is 0 Å². The van der Waals surface area contributed by atoms with Crippen LogP contribution in [0.15, 0.2) is 0 Å². The van der Waals surface area contributed by atoms with Crippen LogP contribution in [-0.4, -0.2) is 156 Å². The number of ether oxygens (including phenoxy) is 5. The first-order valence-electron chi connectivity index (χ1n) is 10.4. The van der Waals surface area contributed by atoms with E-state index in [1.54, 1.807) is 0 Å². The van der Waals surface area contributed by atoms with Crippen LogP contribution in [0.1, 0.15) is 6.92 Å². The van der Waals surface area contributed by atoms with Gasteiger partial charge in [0.25, 0.3) is 0 Å². The van der Waals surface area contributed by atoms with E-state index < -0.39 is 105 Å². The summed E-state index contributed by atoms with van der Waals surface area (Å²) in [6.07, 6.45) is -23.5. The maximum Gasteiger partial charge on any atom is 0.187 e. The van der Waals surface area contributed by atoms with Gasteiger partial charge in [-0.1, -0.05) is 0 Å². The van der Waals surface area contributed by atoms with Gasteiger partial charge in [-0.2, -0.15) is 0 Å². The van der Waals surface area contributed by atoms with Gasteiger partial charge in [0.2, 0.25) is 0 Å². The molecule has 0 radical (unpaired) electrons. The molecule has 0 amide bonds. The first kappa shape index (κ1) is 27.0. The standard InChI is InChI=1S/C18H32O15/c1-4-14(32-18-11(25)9(23)7(21)5(2-19)31-18)10(24)12(26)17(29-4)33-15-8(22)6(3-20)30-16(28)13(15)27/h4-28H,2-3H2,1H3/t4-,5+,6+,7+,8+,9-,10-,11-,12+,13+,14-,15-,16?,17-,18+/m0/s1. The van der Waals surface area contributed by atoms with Gasteiger partial charge in [0.1, 0.15) is 67.1 Å². The van der Waals surface area contributed by atoms with Crippen LogP contribution in [0.4, 0.5) is 0 Å². The second-order valence-electron chi connectivity index (χ2n) is 8.32. The Hall–Kier alpha value is -0.600. The Morgan fingerprint density at radius 1 is 0.545 bits per heavy atom. The molecule has 15 nitrogen and oxygen atoms in total. The predicted molar refractivity (Wildman–Crippen MR) is 99.8 cm³/mol. The normalized spacial score (nSPS) is 53.7. The molecule has 0 aromatic heterocycles. The lowest BCUT2D eigenvalue weighted by Gasteiger charge is -2.47. The highest BCUT2D eigenvalue weighted by Crippen LogP contribution is 2.31. The average molecular weight is 488 g/mol. The average Bonchev–Trinajstić information content (AvgIpc) is 2.79. The largest absolute Gasteiger partial charge is 0.394 e. The van der Waals surface area contributed by atoms with Crippen LogP contribution in [0.25, 0.3) is 0 Å². The van der Waals surface area contributed by atoms with Crippen molar-refractivity contribution in [3.05, 3.63) is 0 Å². The molecule has 3 fully saturated rings. The van der Waals surface area contributed by atoms with Crippen molar-refractivity contribution in [3.63, 3.8) is 0 Å². The van der Waals surface area contributed by atoms with Crippen molar-refractivity contribution in [3.8, 4) is 0 Å². The number of rotatable bonds is 6. The summed E-state index contributed by atoms with van der Waals surface area (Å²) < 4.78 is 26.5. The fourth-order valence-corrected chi connectivity index (χ4v) is 4.02. The van der Waals surface area contributed by atoms with Crippen LogP contribution < -0.4 is 0 Å². The number of aliphatic hydroxyl groups excluding tert-OH is 10. The lowest BCUT2D eigenvalue weighted by Crippen LogP contribution is -2.65. The van der Waals surface area contributed by atoms with Gasteiger partial charge in [0.15, 0.2) is 18.9 Å². The summed E-state index contributed by atoms with van der Waals surface area (Å²) >= 11 is 0. The molecule has 0 aliphatic carbocycles. The molecular weight excluding hydrogens is 456 g/mol. The molecule has 0 spiro atoms. The van der Waals surface area contributed by atoms with Gasteiger partial charge in [-0.3, -0.25) is 0 Å². The molecule has 3 heterocycles. The lowest BCUT2D eigenvalue weighted by molar-refractivity contribution is -0.374. The first-order valence-corrected chi connectivity index (χ1v) is 10.4. The monoisotopic (exact) mass is 488 g/mol. The third-order valence-electron chi connectivity index (χ3n) is 6.05. The molecule has 15 atom stereocenters. The Balaban J connectivity index is 1.67. The van der Waals surface area contributed by atoms with Gasteiger partial charge in [-0.25, -0.2) is 0 Å². The number of aliphatic hydroxyl groups is 10. The minimum absolute atomic E-state index is 0.695. The topological polar surface area (TPSA) is 248 Å². The highest BCUT2D eigenvalue weighted by atomic mass is 16.7. The molecular formula is C18H32O15. The third-order valence-corrected chi connectivity index (χ3v) is 6.05. The maximum absolute atomic E-state index is 10.6. The molecule has 3 aliphatic heterocycles. The van der Waals surface area contributed by atoms with E-state index >= 15 is 0 Å². The molecule has 3 aliphatic rings. The predicted octanol–water partition coefficient (Wildman–Crippen LogP) is -6.55. The van der Waals surface area contributed by atoms with Crippen molar-refractivity contribution in [2.75, 3.05) is 13.2 Å². The molecule has 10 N–H and O–H groups in total. The van der Waals surface area contributed by atoms with Gasteiger partial charge in [0, 0.05) is 0 Å². The van der Waals surface area contributed by atoms with Crippen LogP contribution in [0.3, 0.4) is 0 Å². The minimum Gasteiger partial charge on any atom is -0.394 e. The van der Waals surface area contributed by atoms with Gasteiger partial charge < -0.3 is 74.7 Å². The molecule has 0 saturated carbocycles. The number of hydrogen-bond acceptors (Lipinski definition) is 15. The summed E-state index contributed by atoms with van der Waals surface area (Å²) in [7, 11) is 0. The fourth-order valence-electron chi connectivity index (χ4n) is 4.02. The van der Waals surface area contributed by atoms with Gasteiger partial charge >= 0.3 is 0 Å². The minimum atomic E-state index is -1.82. The zero-order valence-corrected chi connectivity index (χ0v) is 17.6. The Morgan fingerprint density at radius 3 is 1.67 bits per heavy atom. The Morgan fingerprint density at radius 2 is 1.06 bits per heavy atom. The lowest BCUT2D eigenvalue weighted by atomic mass is 9.96. The quantitative estimate of drug-likeness (QED) is 0.167. The summed E-state index contributed by atoms with van der Waals surface area (Å²) in [5, 5.41) is 99.5. The molecule has 3 saturated heterocycles. The van der Waals surface area contributed by atoms with E-state index in [0.717, 1.165) is 0 Å². The molecule has 1 unspecified atom stereocenters. The zero-order chi connectivity index (χ0) is 24.6. The Labute approximate surface area is 187 Å². The molecule has 0 bridgehead atoms. The van der Waals surface area contributed by atoms with Gasteiger partial charge in [-0.15, -0.1) is 0 Å². The SMILES string of the molecule is C[C@@H]1O[C@@H](O[C@H]2[C@H](O)[C@@H](CO)OC(O)[C@@H]2O)[C@H](O)[C@H](O)[C@H]1O[C@H]1O[C@H](CO)[C@@H](O)[C@H](O)[C@@H]1O. The van der Waals surface area contributed by atoms with E-state index in [0.29, 0.717) is 0 Å². The Bertz CT molecular complexity index is 624. The molecule has 15 heteroatoms. The van der Waals surface area contributed by atoms with Crippen LogP contribution >= 0.6 is 0 Å². The van der Waals surface area contributed by atoms with Crippen LogP contribution in [0, 0.1) is 0 Å². The zero-order valence-electron chi connectivity index (χ0n) is 17.6. The smallest absolute Gasteiger partial charge is 0.187 e. The van der Waals surface area contributed by atoms with E-state index in [2.05, 4.69) is 0 Å². The first-order chi connectivity index (χ1) is 15.5. The van der Waals surface area contributed by atoms with E-state index in [4.69, 9.17) is 23.7 Å². The van der Waals surface area contributed by atoms with E-state index in [-0.39, 0.29) is 0 Å². The van der Waals surface area contributed by atoms with Gasteiger partial charge in [0.05, 0.1) is 19.3 Å². The van der Waals surface area contributed by atoms with Crippen LogP contribution in [0.2, 0.25) is 0 Å². The van der Waals surface area contributed by atoms with Crippen molar-refractivity contribution in [1.82, 2.24) is 0 Å². The maximum atomic E-state index is 10.6. The molecule has 3 rings (SSSR count). The van der Waals surface area contributed by atoms with Crippen LogP contribution in [-0.2, 0) is 23.7 Å². The highest BCUT2D eigenvalue weighted by Gasteiger charge is 2.52. The van der Waals surface area contributed by atoms with Gasteiger partial charge in [-0.05, 0) is 6.92 Å². The van der Waals surface area contributed by atoms with E-state index in [9.17, 15) is 51.1 Å². The summed E-state index contributed by atoms with van der Waals surface area (Å²) in [5.41, 5.74) is 0.